The molecule has 1 fully saturated rings. The van der Waals surface area contributed by atoms with Crippen molar-refractivity contribution >= 4 is 22.6 Å². The van der Waals surface area contributed by atoms with Gasteiger partial charge in [0.2, 0.25) is 0 Å². The first kappa shape index (κ1) is 27.6. The van der Waals surface area contributed by atoms with E-state index in [2.05, 4.69) is 10.3 Å². The molecule has 1 aliphatic heterocycles. The van der Waals surface area contributed by atoms with Crippen LogP contribution in [0.5, 0.6) is 5.75 Å². The number of carbonyl (C=O) groups is 1. The number of nitrogens with zero attached hydrogens (tertiary/aromatic N) is 2. The average Bonchev–Trinajstić information content (AvgIpc) is 2.89. The molecule has 0 unspecified atom stereocenters. The van der Waals surface area contributed by atoms with E-state index in [1.54, 1.807) is 12.1 Å². The number of carboxylic acid groups (broad SMARTS) is 1. The molecule has 0 amide bonds. The standard InChI is InChI=1S/C27H28F5N3O3/c1-38-17-2-3-23-18(14-17)24(22(32)15-34-23)19(29)4-5-27(26(36)37)6-9-35(10-7-27)11-8-33-25-20(30)12-16(28)13-21(25)31/h2-3,12-15,19,33H,4-11H2,1H3,(H,36,37)/t19-/m1/s1. The van der Waals surface area contributed by atoms with E-state index in [1.165, 1.54) is 13.2 Å². The number of hydrogen-bond acceptors (Lipinski definition) is 5. The number of halogens is 5. The molecule has 1 aromatic heterocycles. The molecule has 11 heteroatoms. The number of likely N-dealkylation sites (tertiary alicyclic amines) is 1. The molecule has 38 heavy (non-hydrogen) atoms. The molecule has 0 bridgehead atoms. The number of aromatic nitrogens is 1. The molecule has 2 N–H and O–H groups in total. The fourth-order valence-electron chi connectivity index (χ4n) is 4.99. The molecule has 6 nitrogen and oxygen atoms in total. The van der Waals surface area contributed by atoms with Gasteiger partial charge in [0.15, 0.2) is 11.6 Å². The lowest BCUT2D eigenvalue weighted by Gasteiger charge is -2.39. The summed E-state index contributed by atoms with van der Waals surface area (Å²) in [6.07, 6.45) is -0.492. The zero-order valence-corrected chi connectivity index (χ0v) is 20.7. The van der Waals surface area contributed by atoms with E-state index in [0.717, 1.165) is 6.20 Å². The van der Waals surface area contributed by atoms with Crippen molar-refractivity contribution in [3.8, 4) is 5.75 Å². The lowest BCUT2D eigenvalue weighted by Crippen LogP contribution is -2.45. The van der Waals surface area contributed by atoms with Crippen LogP contribution in [0.2, 0.25) is 0 Å². The SMILES string of the molecule is COc1ccc2ncc(F)c([C@H](F)CCC3(C(=O)O)CCN(CCNc4c(F)cc(F)cc4F)CC3)c2c1. The third-order valence-corrected chi connectivity index (χ3v) is 7.26. The van der Waals surface area contributed by atoms with Crippen LogP contribution in [0.4, 0.5) is 27.6 Å². The van der Waals surface area contributed by atoms with E-state index in [4.69, 9.17) is 4.74 Å². The number of aliphatic carboxylic acids is 1. The topological polar surface area (TPSA) is 74.7 Å². The molecule has 2 aromatic carbocycles. The van der Waals surface area contributed by atoms with Gasteiger partial charge in [-0.15, -0.1) is 0 Å². The third kappa shape index (κ3) is 5.82. The van der Waals surface area contributed by atoms with Crippen LogP contribution >= 0.6 is 0 Å². The second-order valence-electron chi connectivity index (χ2n) is 9.51. The maximum absolute atomic E-state index is 15.4. The van der Waals surface area contributed by atoms with Gasteiger partial charge in [0.25, 0.3) is 0 Å². The number of carboxylic acids is 1. The number of piperidine rings is 1. The number of ether oxygens (including phenoxy) is 1. The zero-order chi connectivity index (χ0) is 27.4. The van der Waals surface area contributed by atoms with Crippen LogP contribution in [0.15, 0.2) is 36.5 Å². The van der Waals surface area contributed by atoms with Gasteiger partial charge < -0.3 is 20.1 Å². The average molecular weight is 538 g/mol. The Balaban J connectivity index is 1.37. The quantitative estimate of drug-likeness (QED) is 0.315. The maximum Gasteiger partial charge on any atom is 0.309 e. The highest BCUT2D eigenvalue weighted by Crippen LogP contribution is 2.41. The Hall–Kier alpha value is -3.47. The first-order valence-electron chi connectivity index (χ1n) is 12.2. The van der Waals surface area contributed by atoms with Crippen LogP contribution in [0, 0.1) is 28.7 Å². The molecule has 4 rings (SSSR count). The maximum atomic E-state index is 15.4. The molecule has 0 radical (unpaired) electrons. The molecule has 2 heterocycles. The summed E-state index contributed by atoms with van der Waals surface area (Å²) >= 11 is 0. The highest BCUT2D eigenvalue weighted by Gasteiger charge is 2.42. The molecule has 0 aliphatic carbocycles. The van der Waals surface area contributed by atoms with Crippen LogP contribution in [0.25, 0.3) is 10.9 Å². The van der Waals surface area contributed by atoms with Gasteiger partial charge in [0.1, 0.15) is 29.2 Å². The molecule has 204 valence electrons. The van der Waals surface area contributed by atoms with E-state index in [-0.39, 0.29) is 43.2 Å². The summed E-state index contributed by atoms with van der Waals surface area (Å²) in [6, 6.07) is 5.92. The van der Waals surface area contributed by atoms with Crippen molar-refractivity contribution in [1.82, 2.24) is 9.88 Å². The van der Waals surface area contributed by atoms with E-state index < -0.39 is 46.5 Å². The van der Waals surface area contributed by atoms with Gasteiger partial charge in [-0.05, 0) is 57.0 Å². The summed E-state index contributed by atoms with van der Waals surface area (Å²) in [5, 5.41) is 12.9. The lowest BCUT2D eigenvalue weighted by atomic mass is 9.74. The molecule has 0 saturated carbocycles. The van der Waals surface area contributed by atoms with Crippen LogP contribution < -0.4 is 10.1 Å². The third-order valence-electron chi connectivity index (χ3n) is 7.26. The summed E-state index contributed by atoms with van der Waals surface area (Å²) in [4.78, 5) is 18.2. The largest absolute Gasteiger partial charge is 0.497 e. The number of rotatable bonds is 10. The van der Waals surface area contributed by atoms with E-state index >= 15 is 4.39 Å². The Morgan fingerprint density at radius 1 is 1.13 bits per heavy atom. The normalized spacial score (nSPS) is 16.4. The summed E-state index contributed by atoms with van der Waals surface area (Å²) in [7, 11) is 1.44. The summed E-state index contributed by atoms with van der Waals surface area (Å²) in [5.74, 6) is -4.51. The number of pyridine rings is 1. The van der Waals surface area contributed by atoms with Gasteiger partial charge in [-0.25, -0.2) is 22.0 Å². The van der Waals surface area contributed by atoms with Crippen molar-refractivity contribution in [1.29, 1.82) is 0 Å². The van der Waals surface area contributed by atoms with E-state index in [9.17, 15) is 27.5 Å². The molecular formula is C27H28F5N3O3. The van der Waals surface area contributed by atoms with E-state index in [1.807, 2.05) is 4.90 Å². The second-order valence-corrected chi connectivity index (χ2v) is 9.51. The number of fused-ring (bicyclic) bond motifs is 1. The number of methoxy groups -OCH3 is 1. The number of hydrogen-bond donors (Lipinski definition) is 2. The van der Waals surface area contributed by atoms with Crippen molar-refractivity contribution < 1.29 is 36.6 Å². The first-order valence-corrected chi connectivity index (χ1v) is 12.2. The fraction of sp³-hybridized carbons (Fsp3) is 0.407. The van der Waals surface area contributed by atoms with Crippen molar-refractivity contribution in [3.05, 3.63) is 65.4 Å². The van der Waals surface area contributed by atoms with Crippen molar-refractivity contribution in [2.45, 2.75) is 31.9 Å². The fourth-order valence-corrected chi connectivity index (χ4v) is 4.99. The summed E-state index contributed by atoms with van der Waals surface area (Å²) in [6.45, 7) is 1.28. The number of alkyl halides is 1. The first-order chi connectivity index (χ1) is 18.1. The minimum Gasteiger partial charge on any atom is -0.497 e. The number of benzene rings is 2. The summed E-state index contributed by atoms with van der Waals surface area (Å²) < 4.78 is 75.9. The van der Waals surface area contributed by atoms with Gasteiger partial charge in [0.05, 0.1) is 24.2 Å². The smallest absolute Gasteiger partial charge is 0.309 e. The number of anilines is 1. The van der Waals surface area contributed by atoms with Crippen molar-refractivity contribution in [3.63, 3.8) is 0 Å². The van der Waals surface area contributed by atoms with Gasteiger partial charge in [-0.2, -0.15) is 0 Å². The van der Waals surface area contributed by atoms with Crippen molar-refractivity contribution in [2.75, 3.05) is 38.6 Å². The Bertz CT molecular complexity index is 1290. The highest BCUT2D eigenvalue weighted by molar-refractivity contribution is 5.84. The molecular weight excluding hydrogens is 509 g/mol. The van der Waals surface area contributed by atoms with Crippen LogP contribution in [-0.4, -0.2) is 54.2 Å². The Morgan fingerprint density at radius 2 is 1.82 bits per heavy atom. The van der Waals surface area contributed by atoms with Gasteiger partial charge in [0, 0.05) is 36.2 Å². The number of nitrogens with one attached hydrogen (secondary N) is 1. The molecule has 1 saturated heterocycles. The summed E-state index contributed by atoms with van der Waals surface area (Å²) in [5.41, 5.74) is -1.37. The van der Waals surface area contributed by atoms with Crippen LogP contribution in [0.3, 0.4) is 0 Å². The lowest BCUT2D eigenvalue weighted by molar-refractivity contribution is -0.153. The van der Waals surface area contributed by atoms with Crippen molar-refractivity contribution in [2.24, 2.45) is 5.41 Å². The minimum absolute atomic E-state index is 0.00875. The predicted octanol–water partition coefficient (Wildman–Crippen LogP) is 5.87. The minimum atomic E-state index is -1.74. The Kier molecular flexibility index (Phi) is 8.35. The predicted molar refractivity (Wildman–Crippen MR) is 132 cm³/mol. The Morgan fingerprint density at radius 3 is 2.45 bits per heavy atom. The van der Waals surface area contributed by atoms with Gasteiger partial charge in [-0.1, -0.05) is 0 Å². The zero-order valence-electron chi connectivity index (χ0n) is 20.7. The van der Waals surface area contributed by atoms with E-state index in [0.29, 0.717) is 43.0 Å². The second kappa shape index (κ2) is 11.5. The van der Waals surface area contributed by atoms with Crippen LogP contribution in [-0.2, 0) is 4.79 Å². The molecule has 3 aromatic rings. The molecule has 1 atom stereocenters. The van der Waals surface area contributed by atoms with Crippen LogP contribution in [0.1, 0.15) is 37.4 Å². The Labute approximate surface area is 216 Å². The highest BCUT2D eigenvalue weighted by atomic mass is 19.2. The van der Waals surface area contributed by atoms with Gasteiger partial charge in [-0.3, -0.25) is 9.78 Å². The monoisotopic (exact) mass is 537 g/mol. The molecule has 0 spiro atoms. The molecule has 1 aliphatic rings. The van der Waals surface area contributed by atoms with Gasteiger partial charge >= 0.3 is 5.97 Å².